The monoisotopic (exact) mass is 531 g/mol. The van der Waals surface area contributed by atoms with E-state index >= 15 is 0 Å². The zero-order chi connectivity index (χ0) is 20.9. The lowest BCUT2D eigenvalue weighted by Crippen LogP contribution is -2.46. The average molecular weight is 531 g/mol. The summed E-state index contributed by atoms with van der Waals surface area (Å²) in [5.41, 5.74) is 0.840. The maximum atomic E-state index is 12.6. The van der Waals surface area contributed by atoms with Gasteiger partial charge in [-0.2, -0.15) is 0 Å². The van der Waals surface area contributed by atoms with Crippen LogP contribution in [0.1, 0.15) is 44.1 Å². The van der Waals surface area contributed by atoms with Crippen molar-refractivity contribution < 1.29 is 23.1 Å². The Morgan fingerprint density at radius 2 is 2.07 bits per heavy atom. The van der Waals surface area contributed by atoms with E-state index in [0.29, 0.717) is 12.8 Å². The molecule has 4 atom stereocenters. The van der Waals surface area contributed by atoms with Crippen molar-refractivity contribution in [2.24, 2.45) is 5.92 Å². The van der Waals surface area contributed by atoms with Gasteiger partial charge in [-0.05, 0) is 78.5 Å². The zero-order valence-electron chi connectivity index (χ0n) is 16.0. The average Bonchev–Trinajstić information content (AvgIpc) is 3.25. The van der Waals surface area contributed by atoms with E-state index in [1.54, 1.807) is 6.08 Å². The molecule has 8 heteroatoms. The summed E-state index contributed by atoms with van der Waals surface area (Å²) in [7, 11) is -3.58. The number of fused-ring (bicyclic) bond motifs is 2. The summed E-state index contributed by atoms with van der Waals surface area (Å²) in [5, 5.41) is 9.90. The number of ether oxygens (including phenoxy) is 1. The van der Waals surface area contributed by atoms with Crippen molar-refractivity contribution in [1.82, 2.24) is 4.72 Å². The highest BCUT2D eigenvalue weighted by atomic mass is 127. The molecule has 0 amide bonds. The van der Waals surface area contributed by atoms with Crippen LogP contribution in [0.3, 0.4) is 0 Å². The van der Waals surface area contributed by atoms with Gasteiger partial charge in [-0.15, -0.1) is 0 Å². The van der Waals surface area contributed by atoms with E-state index in [-0.39, 0.29) is 30.6 Å². The van der Waals surface area contributed by atoms with Gasteiger partial charge in [-0.1, -0.05) is 24.3 Å². The van der Waals surface area contributed by atoms with Gasteiger partial charge in [-0.25, -0.2) is 13.1 Å². The highest BCUT2D eigenvalue weighted by Crippen LogP contribution is 2.41. The molecular formula is C21H26INO5S. The Morgan fingerprint density at radius 3 is 2.83 bits per heavy atom. The highest BCUT2D eigenvalue weighted by Gasteiger charge is 2.49. The van der Waals surface area contributed by atoms with Gasteiger partial charge in [0.05, 0.1) is 18.2 Å². The largest absolute Gasteiger partial charge is 0.481 e. The molecule has 2 N–H and O–H groups in total. The number of hydrogen-bond acceptors (Lipinski definition) is 4. The number of carbonyl (C=O) groups is 1. The quantitative estimate of drug-likeness (QED) is 0.271. The molecule has 0 spiro atoms. The fraction of sp³-hybridized carbons (Fsp3) is 0.476. The van der Waals surface area contributed by atoms with E-state index in [4.69, 9.17) is 9.84 Å². The molecule has 2 bridgehead atoms. The van der Waals surface area contributed by atoms with Crippen LogP contribution in [-0.2, 0) is 19.6 Å². The Hall–Kier alpha value is -1.23. The molecular weight excluding hydrogens is 505 g/mol. The van der Waals surface area contributed by atoms with Crippen LogP contribution in [0.4, 0.5) is 0 Å². The van der Waals surface area contributed by atoms with Crippen LogP contribution in [0, 0.1) is 9.49 Å². The number of rotatable bonds is 10. The van der Waals surface area contributed by atoms with Crippen LogP contribution in [-0.4, -0.2) is 37.7 Å². The number of carboxylic acid groups (broad SMARTS) is 1. The number of nitrogens with one attached hydrogen (secondary N) is 1. The van der Waals surface area contributed by atoms with Crippen LogP contribution in [0.5, 0.6) is 0 Å². The number of hydrogen-bond donors (Lipinski definition) is 2. The second-order valence-corrected chi connectivity index (χ2v) is 10.3. The zero-order valence-corrected chi connectivity index (χ0v) is 19.0. The molecule has 0 radical (unpaired) electrons. The molecule has 2 heterocycles. The van der Waals surface area contributed by atoms with Crippen molar-refractivity contribution in [2.45, 2.75) is 56.8 Å². The molecule has 1 aromatic carbocycles. The van der Waals surface area contributed by atoms with Crippen LogP contribution in [0.25, 0.3) is 6.08 Å². The fourth-order valence-corrected chi connectivity index (χ4v) is 5.67. The van der Waals surface area contributed by atoms with Crippen LogP contribution in [0.2, 0.25) is 0 Å². The predicted octanol–water partition coefficient (Wildman–Crippen LogP) is 3.93. The van der Waals surface area contributed by atoms with E-state index in [2.05, 4.69) is 27.3 Å². The third-order valence-corrected chi connectivity index (χ3v) is 7.12. The van der Waals surface area contributed by atoms with Crippen molar-refractivity contribution in [3.8, 4) is 0 Å². The summed E-state index contributed by atoms with van der Waals surface area (Å²) >= 11 is 2.19. The Labute approximate surface area is 185 Å². The molecule has 2 aliphatic rings. The molecule has 0 saturated carbocycles. The summed E-state index contributed by atoms with van der Waals surface area (Å²) in [6.45, 7) is 0. The third kappa shape index (κ3) is 6.63. The lowest BCUT2D eigenvalue weighted by molar-refractivity contribution is -0.137. The van der Waals surface area contributed by atoms with Gasteiger partial charge < -0.3 is 9.84 Å². The molecule has 4 unspecified atom stereocenters. The number of carboxylic acids is 1. The molecule has 29 heavy (non-hydrogen) atoms. The maximum Gasteiger partial charge on any atom is 0.303 e. The SMILES string of the molecule is O=C(O)CCC/C=C/CC1C2CCC(O2)C1NS(=O)(=O)/C=C/c1cccc(I)c1. The first-order chi connectivity index (χ1) is 13.8. The molecule has 2 fully saturated rings. The molecule has 3 rings (SSSR count). The van der Waals surface area contributed by atoms with Gasteiger partial charge in [0.2, 0.25) is 10.0 Å². The highest BCUT2D eigenvalue weighted by molar-refractivity contribution is 14.1. The number of unbranched alkanes of at least 4 members (excludes halogenated alkanes) is 1. The minimum absolute atomic E-state index is 0.0775. The van der Waals surface area contributed by atoms with Gasteiger partial charge >= 0.3 is 5.97 Å². The molecule has 158 valence electrons. The van der Waals surface area contributed by atoms with E-state index in [1.807, 2.05) is 36.4 Å². The molecule has 6 nitrogen and oxygen atoms in total. The van der Waals surface area contributed by atoms with Crippen molar-refractivity contribution in [2.75, 3.05) is 0 Å². The topological polar surface area (TPSA) is 92.7 Å². The molecule has 1 aromatic rings. The third-order valence-electron chi connectivity index (χ3n) is 5.35. The van der Waals surface area contributed by atoms with Crippen molar-refractivity contribution in [3.05, 3.63) is 51.0 Å². The lowest BCUT2D eigenvalue weighted by atomic mass is 9.83. The lowest BCUT2D eigenvalue weighted by Gasteiger charge is -2.27. The molecule has 2 aliphatic heterocycles. The summed E-state index contributed by atoms with van der Waals surface area (Å²) in [6, 6.07) is 7.40. The summed E-state index contributed by atoms with van der Waals surface area (Å²) in [6.07, 6.45) is 9.66. The van der Waals surface area contributed by atoms with Crippen LogP contribution in [0.15, 0.2) is 41.8 Å². The number of aliphatic carboxylic acids is 1. The second-order valence-electron chi connectivity index (χ2n) is 7.49. The number of allylic oxidation sites excluding steroid dienone is 2. The van der Waals surface area contributed by atoms with E-state index in [1.165, 1.54) is 5.41 Å². The molecule has 0 aromatic heterocycles. The predicted molar refractivity (Wildman–Crippen MR) is 121 cm³/mol. The second kappa shape index (κ2) is 10.2. The molecule has 2 saturated heterocycles. The Kier molecular flexibility index (Phi) is 7.89. The van der Waals surface area contributed by atoms with Gasteiger partial charge in [-0.3, -0.25) is 4.79 Å². The van der Waals surface area contributed by atoms with E-state index in [9.17, 15) is 13.2 Å². The maximum absolute atomic E-state index is 12.6. The van der Waals surface area contributed by atoms with Gasteiger partial charge in [0.25, 0.3) is 0 Å². The minimum atomic E-state index is -3.58. The number of halogens is 1. The van der Waals surface area contributed by atoms with Crippen LogP contribution < -0.4 is 4.72 Å². The fourth-order valence-electron chi connectivity index (χ4n) is 3.99. The Balaban J connectivity index is 1.58. The standard InChI is InChI=1S/C21H26INO5S/c22-16-7-5-6-15(14-16)12-13-29(26,27)23-21-17(18-10-11-19(21)28-18)8-3-1-2-4-9-20(24)25/h1,3,5-7,12-14,17-19,21,23H,2,4,8-11H2,(H,24,25)/b3-1+,13-12+. The van der Waals surface area contributed by atoms with Crippen molar-refractivity contribution in [3.63, 3.8) is 0 Å². The summed E-state index contributed by atoms with van der Waals surface area (Å²) < 4.78 is 35.1. The minimum Gasteiger partial charge on any atom is -0.481 e. The summed E-state index contributed by atoms with van der Waals surface area (Å²) in [4.78, 5) is 10.6. The van der Waals surface area contributed by atoms with E-state index < -0.39 is 16.0 Å². The first-order valence-electron chi connectivity index (χ1n) is 9.82. The summed E-state index contributed by atoms with van der Waals surface area (Å²) in [5.74, 6) is -0.682. The van der Waals surface area contributed by atoms with Crippen molar-refractivity contribution in [1.29, 1.82) is 0 Å². The first kappa shape index (κ1) is 22.5. The van der Waals surface area contributed by atoms with Crippen molar-refractivity contribution >= 4 is 44.7 Å². The number of benzene rings is 1. The smallest absolute Gasteiger partial charge is 0.303 e. The Morgan fingerprint density at radius 1 is 1.28 bits per heavy atom. The van der Waals surface area contributed by atoms with Crippen LogP contribution >= 0.6 is 22.6 Å². The first-order valence-corrected chi connectivity index (χ1v) is 12.4. The van der Waals surface area contributed by atoms with Gasteiger partial charge in [0, 0.05) is 21.3 Å². The van der Waals surface area contributed by atoms with Gasteiger partial charge in [0.15, 0.2) is 0 Å². The Bertz CT molecular complexity index is 883. The molecule has 0 aliphatic carbocycles. The number of sulfonamides is 1. The van der Waals surface area contributed by atoms with Gasteiger partial charge in [0.1, 0.15) is 0 Å². The normalized spacial score (nSPS) is 26.7. The van der Waals surface area contributed by atoms with E-state index in [0.717, 1.165) is 28.4 Å².